The third kappa shape index (κ3) is 6.40. The van der Waals surface area contributed by atoms with Gasteiger partial charge < -0.3 is 19.9 Å². The van der Waals surface area contributed by atoms with E-state index in [4.69, 9.17) is 4.74 Å². The molecule has 0 spiro atoms. The fourth-order valence-electron chi connectivity index (χ4n) is 4.50. The van der Waals surface area contributed by atoms with Gasteiger partial charge in [0.15, 0.2) is 0 Å². The number of halogens is 1. The van der Waals surface area contributed by atoms with Crippen LogP contribution in [0.25, 0.3) is 0 Å². The van der Waals surface area contributed by atoms with E-state index < -0.39 is 0 Å². The number of likely N-dealkylation sites (tertiary alicyclic amines) is 1. The summed E-state index contributed by atoms with van der Waals surface area (Å²) in [6.07, 6.45) is 1.93. The molecule has 7 nitrogen and oxygen atoms in total. The Bertz CT molecular complexity index is 722. The van der Waals surface area contributed by atoms with E-state index in [1.807, 2.05) is 19.1 Å². The molecule has 172 valence electrons. The van der Waals surface area contributed by atoms with Crippen LogP contribution in [0.1, 0.15) is 26.2 Å². The lowest BCUT2D eigenvalue weighted by atomic mass is 9.89. The second-order valence-corrected chi connectivity index (χ2v) is 8.42. The van der Waals surface area contributed by atoms with Gasteiger partial charge in [0.1, 0.15) is 5.82 Å². The molecule has 0 aromatic heterocycles. The summed E-state index contributed by atoms with van der Waals surface area (Å²) >= 11 is 0. The van der Waals surface area contributed by atoms with Crippen LogP contribution in [0.4, 0.5) is 10.1 Å². The fourth-order valence-corrected chi connectivity index (χ4v) is 4.50. The summed E-state index contributed by atoms with van der Waals surface area (Å²) in [7, 11) is 1.62. The number of hydrogen-bond donors (Lipinski definition) is 1. The minimum absolute atomic E-state index is 0.0449. The van der Waals surface area contributed by atoms with Gasteiger partial charge in [-0.1, -0.05) is 0 Å². The van der Waals surface area contributed by atoms with Gasteiger partial charge in [-0.25, -0.2) is 4.39 Å². The number of nitrogens with one attached hydrogen (secondary N) is 1. The topological polar surface area (TPSA) is 65.1 Å². The molecule has 2 fully saturated rings. The van der Waals surface area contributed by atoms with E-state index in [1.54, 1.807) is 12.0 Å². The van der Waals surface area contributed by atoms with Crippen LogP contribution in [0, 0.1) is 11.7 Å². The second-order valence-electron chi connectivity index (χ2n) is 8.42. The molecule has 0 radical (unpaired) electrons. The van der Waals surface area contributed by atoms with Crippen LogP contribution in [-0.4, -0.2) is 87.2 Å². The van der Waals surface area contributed by atoms with E-state index in [9.17, 15) is 14.0 Å². The molecular formula is C23H35FN4O3. The Labute approximate surface area is 184 Å². The van der Waals surface area contributed by atoms with Crippen molar-refractivity contribution in [1.82, 2.24) is 15.1 Å². The number of amides is 2. The molecule has 2 amide bonds. The number of carbonyl (C=O) groups excluding carboxylic acids is 2. The zero-order chi connectivity index (χ0) is 22.2. The number of hydrogen-bond acceptors (Lipinski definition) is 5. The van der Waals surface area contributed by atoms with Crippen molar-refractivity contribution in [2.75, 3.05) is 64.4 Å². The van der Waals surface area contributed by atoms with Crippen LogP contribution in [-0.2, 0) is 14.3 Å². The van der Waals surface area contributed by atoms with Crippen molar-refractivity contribution >= 4 is 17.5 Å². The van der Waals surface area contributed by atoms with E-state index in [2.05, 4.69) is 15.1 Å². The quantitative estimate of drug-likeness (QED) is 0.600. The van der Waals surface area contributed by atoms with Gasteiger partial charge in [0.25, 0.3) is 0 Å². The first-order valence-corrected chi connectivity index (χ1v) is 11.3. The molecule has 3 rings (SSSR count). The zero-order valence-corrected chi connectivity index (χ0v) is 18.7. The Kier molecular flexibility index (Phi) is 8.66. The van der Waals surface area contributed by atoms with E-state index in [0.29, 0.717) is 32.5 Å². The predicted octanol–water partition coefficient (Wildman–Crippen LogP) is 1.73. The lowest BCUT2D eigenvalue weighted by Gasteiger charge is -2.38. The molecule has 1 aromatic rings. The van der Waals surface area contributed by atoms with Crippen LogP contribution in [0.5, 0.6) is 0 Å². The molecule has 0 unspecified atom stereocenters. The molecule has 8 heteroatoms. The summed E-state index contributed by atoms with van der Waals surface area (Å²) in [5.41, 5.74) is 1.06. The highest BCUT2D eigenvalue weighted by atomic mass is 19.1. The van der Waals surface area contributed by atoms with Gasteiger partial charge in [-0.2, -0.15) is 0 Å². The summed E-state index contributed by atoms with van der Waals surface area (Å²) in [5.74, 6) is -0.216. The number of carbonyl (C=O) groups is 2. The van der Waals surface area contributed by atoms with Crippen LogP contribution in [0.2, 0.25) is 0 Å². The van der Waals surface area contributed by atoms with Gasteiger partial charge in [0.2, 0.25) is 11.8 Å². The van der Waals surface area contributed by atoms with E-state index >= 15 is 0 Å². The number of anilines is 1. The number of piperazine rings is 1. The van der Waals surface area contributed by atoms with Crippen molar-refractivity contribution in [2.24, 2.45) is 5.92 Å². The van der Waals surface area contributed by atoms with Crippen LogP contribution < -0.4 is 10.2 Å². The third-order valence-corrected chi connectivity index (χ3v) is 6.45. The van der Waals surface area contributed by atoms with E-state index in [1.165, 1.54) is 12.1 Å². The number of methoxy groups -OCH3 is 1. The number of rotatable bonds is 9. The Morgan fingerprint density at radius 1 is 1.16 bits per heavy atom. The molecular weight excluding hydrogens is 399 g/mol. The third-order valence-electron chi connectivity index (χ3n) is 6.45. The zero-order valence-electron chi connectivity index (χ0n) is 18.7. The molecule has 2 aliphatic heterocycles. The van der Waals surface area contributed by atoms with Gasteiger partial charge in [0.05, 0.1) is 12.5 Å². The SMILES string of the molecule is COCCN1C(=O)CC[C@@H](C(=O)NCCCN2CCN(c3ccc(F)cc3)CC2)[C@H]1C. The molecule has 2 atom stereocenters. The van der Waals surface area contributed by atoms with Gasteiger partial charge >= 0.3 is 0 Å². The van der Waals surface area contributed by atoms with E-state index in [0.717, 1.165) is 44.8 Å². The Hall–Kier alpha value is -2.19. The maximum atomic E-state index is 13.1. The first-order valence-electron chi connectivity index (χ1n) is 11.3. The largest absolute Gasteiger partial charge is 0.383 e. The number of nitrogens with zero attached hydrogens (tertiary/aromatic N) is 3. The first-order chi connectivity index (χ1) is 15.0. The lowest BCUT2D eigenvalue weighted by Crippen LogP contribution is -2.52. The van der Waals surface area contributed by atoms with Gasteiger partial charge in [-0.3, -0.25) is 14.5 Å². The average molecular weight is 435 g/mol. The minimum atomic E-state index is -0.207. The maximum Gasteiger partial charge on any atom is 0.225 e. The normalized spacial score (nSPS) is 22.6. The molecule has 1 N–H and O–H groups in total. The Morgan fingerprint density at radius 3 is 2.55 bits per heavy atom. The van der Waals surface area contributed by atoms with Crippen LogP contribution in [0.3, 0.4) is 0 Å². The minimum Gasteiger partial charge on any atom is -0.383 e. The lowest BCUT2D eigenvalue weighted by molar-refractivity contribution is -0.143. The van der Waals surface area contributed by atoms with Crippen molar-refractivity contribution in [2.45, 2.75) is 32.2 Å². The smallest absolute Gasteiger partial charge is 0.225 e. The van der Waals surface area contributed by atoms with Gasteiger partial charge in [-0.15, -0.1) is 0 Å². The number of piperidine rings is 1. The average Bonchev–Trinajstić information content (AvgIpc) is 2.77. The Morgan fingerprint density at radius 2 is 1.87 bits per heavy atom. The van der Waals surface area contributed by atoms with Crippen molar-refractivity contribution in [3.63, 3.8) is 0 Å². The van der Waals surface area contributed by atoms with Crippen molar-refractivity contribution in [1.29, 1.82) is 0 Å². The molecule has 2 saturated heterocycles. The summed E-state index contributed by atoms with van der Waals surface area (Å²) < 4.78 is 18.2. The molecule has 0 aliphatic carbocycles. The summed E-state index contributed by atoms with van der Waals surface area (Å²) in [5, 5.41) is 3.07. The highest BCUT2D eigenvalue weighted by Crippen LogP contribution is 2.24. The molecule has 31 heavy (non-hydrogen) atoms. The monoisotopic (exact) mass is 434 g/mol. The fraction of sp³-hybridized carbons (Fsp3) is 0.652. The molecule has 0 bridgehead atoms. The number of benzene rings is 1. The van der Waals surface area contributed by atoms with Crippen LogP contribution >= 0.6 is 0 Å². The number of ether oxygens (including phenoxy) is 1. The predicted molar refractivity (Wildman–Crippen MR) is 118 cm³/mol. The highest BCUT2D eigenvalue weighted by molar-refractivity contribution is 5.84. The van der Waals surface area contributed by atoms with E-state index in [-0.39, 0.29) is 29.6 Å². The van der Waals surface area contributed by atoms with Gasteiger partial charge in [0, 0.05) is 64.5 Å². The summed E-state index contributed by atoms with van der Waals surface area (Å²) in [4.78, 5) is 31.3. The second kappa shape index (κ2) is 11.4. The highest BCUT2D eigenvalue weighted by Gasteiger charge is 2.36. The summed E-state index contributed by atoms with van der Waals surface area (Å²) in [6.45, 7) is 8.32. The first kappa shape index (κ1) is 23.5. The van der Waals surface area contributed by atoms with Crippen LogP contribution in [0.15, 0.2) is 24.3 Å². The van der Waals surface area contributed by atoms with Gasteiger partial charge in [-0.05, 0) is 50.6 Å². The maximum absolute atomic E-state index is 13.1. The molecule has 2 aliphatic rings. The summed E-state index contributed by atoms with van der Waals surface area (Å²) in [6, 6.07) is 6.57. The molecule has 2 heterocycles. The van der Waals surface area contributed by atoms with Crippen molar-refractivity contribution < 1.29 is 18.7 Å². The van der Waals surface area contributed by atoms with Crippen molar-refractivity contribution in [3.05, 3.63) is 30.1 Å². The van der Waals surface area contributed by atoms with Crippen molar-refractivity contribution in [3.8, 4) is 0 Å². The molecule has 1 aromatic carbocycles. The standard InChI is InChI=1S/C23H35FN4O3/c1-18-21(8-9-22(29)28(18)16-17-31-2)23(30)25-10-3-11-26-12-14-27(15-13-26)20-6-4-19(24)5-7-20/h4-7,18,21H,3,8-17H2,1-2H3,(H,25,30)/t18-,21-/m1/s1. The Balaban J connectivity index is 1.35. The molecule has 0 saturated carbocycles.